The smallest absolute Gasteiger partial charge is 0.188 e. The van der Waals surface area contributed by atoms with Crippen LogP contribution >= 0.6 is 0 Å². The lowest BCUT2D eigenvalue weighted by atomic mass is 10.2. The van der Waals surface area contributed by atoms with Crippen molar-refractivity contribution in [3.05, 3.63) is 0 Å². The lowest BCUT2D eigenvalue weighted by molar-refractivity contribution is 0.0487. The minimum Gasteiger partial charge on any atom is -0.379 e. The molecule has 120 valence electrons. The first-order valence-corrected chi connectivity index (χ1v) is 8.00. The van der Waals surface area contributed by atoms with Crippen molar-refractivity contribution in [3.63, 3.8) is 0 Å². The molecular weight excluding hydrogens is 254 g/mol. The number of nitrogens with one attached hydrogen (secondary N) is 1. The van der Waals surface area contributed by atoms with Gasteiger partial charge in [0.25, 0.3) is 0 Å². The molecule has 0 radical (unpaired) electrons. The van der Waals surface area contributed by atoms with Gasteiger partial charge in [-0.25, -0.2) is 0 Å². The Labute approximate surface area is 124 Å². The van der Waals surface area contributed by atoms with Crippen LogP contribution in [-0.2, 0) is 9.47 Å². The normalized spacial score (nSPS) is 11.8. The van der Waals surface area contributed by atoms with Crippen molar-refractivity contribution in [2.45, 2.75) is 52.4 Å². The molecule has 20 heavy (non-hydrogen) atoms. The summed E-state index contributed by atoms with van der Waals surface area (Å²) in [5.74, 6) is 0.518. The van der Waals surface area contributed by atoms with Crippen LogP contribution in [0.4, 0.5) is 0 Å². The maximum Gasteiger partial charge on any atom is 0.188 e. The molecule has 0 aromatic heterocycles. The highest BCUT2D eigenvalue weighted by Crippen LogP contribution is 1.98. The highest BCUT2D eigenvalue weighted by molar-refractivity contribution is 5.77. The molecule has 0 aromatic rings. The molecule has 3 N–H and O–H groups in total. The van der Waals surface area contributed by atoms with E-state index in [1.54, 1.807) is 0 Å². The molecule has 0 heterocycles. The van der Waals surface area contributed by atoms with E-state index in [0.717, 1.165) is 26.0 Å². The minimum absolute atomic E-state index is 0.518. The van der Waals surface area contributed by atoms with Crippen molar-refractivity contribution < 1.29 is 9.47 Å². The summed E-state index contributed by atoms with van der Waals surface area (Å²) >= 11 is 0. The van der Waals surface area contributed by atoms with Crippen molar-refractivity contribution in [3.8, 4) is 0 Å². The Bertz CT molecular complexity index is 223. The van der Waals surface area contributed by atoms with Gasteiger partial charge in [-0.1, -0.05) is 39.5 Å². The molecule has 5 heteroatoms. The van der Waals surface area contributed by atoms with Gasteiger partial charge in [-0.05, 0) is 12.8 Å². The van der Waals surface area contributed by atoms with Crippen LogP contribution in [0.5, 0.6) is 0 Å². The third kappa shape index (κ3) is 15.2. The molecular formula is C15H33N3O2. The molecule has 0 aliphatic carbocycles. The Morgan fingerprint density at radius 2 is 1.60 bits per heavy atom. The van der Waals surface area contributed by atoms with Gasteiger partial charge in [0, 0.05) is 19.7 Å². The van der Waals surface area contributed by atoms with Gasteiger partial charge < -0.3 is 20.5 Å². The predicted molar refractivity (Wildman–Crippen MR) is 85.2 cm³/mol. The van der Waals surface area contributed by atoms with Crippen molar-refractivity contribution >= 4 is 5.96 Å². The predicted octanol–water partition coefficient (Wildman–Crippen LogP) is 2.30. The number of hydrogen-bond donors (Lipinski definition) is 2. The number of unbranched alkanes of at least 4 members (excludes halogenated alkanes) is 4. The molecule has 0 rings (SSSR count). The third-order valence-electron chi connectivity index (χ3n) is 2.86. The van der Waals surface area contributed by atoms with Crippen LogP contribution in [0.3, 0.4) is 0 Å². The zero-order valence-corrected chi connectivity index (χ0v) is 13.3. The zero-order chi connectivity index (χ0) is 14.9. The van der Waals surface area contributed by atoms with Gasteiger partial charge in [0.15, 0.2) is 5.96 Å². The molecule has 0 spiro atoms. The molecule has 0 fully saturated rings. The van der Waals surface area contributed by atoms with Crippen LogP contribution in [0.1, 0.15) is 52.4 Å². The molecule has 0 saturated carbocycles. The first-order chi connectivity index (χ1) is 9.81. The topological polar surface area (TPSA) is 68.9 Å². The van der Waals surface area contributed by atoms with E-state index in [1.165, 1.54) is 25.7 Å². The second kappa shape index (κ2) is 16.2. The average Bonchev–Trinajstić information content (AvgIpc) is 2.45. The van der Waals surface area contributed by atoms with Crippen molar-refractivity contribution in [2.75, 3.05) is 39.5 Å². The van der Waals surface area contributed by atoms with E-state index < -0.39 is 0 Å². The van der Waals surface area contributed by atoms with Gasteiger partial charge in [0.1, 0.15) is 0 Å². The SMILES string of the molecule is CCCCCCN=C(N)NCCOCCOCCCC. The molecule has 0 aromatic carbocycles. The summed E-state index contributed by atoms with van der Waals surface area (Å²) in [5, 5.41) is 3.05. The molecule has 0 amide bonds. The van der Waals surface area contributed by atoms with Crippen LogP contribution in [-0.4, -0.2) is 45.5 Å². The van der Waals surface area contributed by atoms with Crippen molar-refractivity contribution in [2.24, 2.45) is 10.7 Å². The number of ether oxygens (including phenoxy) is 2. The quantitative estimate of drug-likeness (QED) is 0.292. The molecule has 0 aliphatic heterocycles. The number of rotatable bonds is 14. The second-order valence-corrected chi connectivity index (χ2v) is 4.83. The first-order valence-electron chi connectivity index (χ1n) is 8.00. The second-order valence-electron chi connectivity index (χ2n) is 4.83. The number of nitrogens with zero attached hydrogens (tertiary/aromatic N) is 1. The summed E-state index contributed by atoms with van der Waals surface area (Å²) in [5.41, 5.74) is 5.74. The van der Waals surface area contributed by atoms with Crippen LogP contribution in [0, 0.1) is 0 Å². The van der Waals surface area contributed by atoms with Gasteiger partial charge in [-0.3, -0.25) is 4.99 Å². The summed E-state index contributed by atoms with van der Waals surface area (Å²) in [6, 6.07) is 0. The first kappa shape index (κ1) is 19.2. The number of guanidine groups is 1. The van der Waals surface area contributed by atoms with Crippen LogP contribution in [0.2, 0.25) is 0 Å². The summed E-state index contributed by atoms with van der Waals surface area (Å²) in [4.78, 5) is 4.27. The Balaban J connectivity index is 3.21. The van der Waals surface area contributed by atoms with E-state index in [0.29, 0.717) is 32.3 Å². The van der Waals surface area contributed by atoms with Crippen molar-refractivity contribution in [1.82, 2.24) is 5.32 Å². The van der Waals surface area contributed by atoms with E-state index in [9.17, 15) is 0 Å². The monoisotopic (exact) mass is 287 g/mol. The minimum atomic E-state index is 0.518. The molecule has 0 atom stereocenters. The van der Waals surface area contributed by atoms with Crippen LogP contribution < -0.4 is 11.1 Å². The van der Waals surface area contributed by atoms with Gasteiger partial charge in [0.05, 0.1) is 19.8 Å². The van der Waals surface area contributed by atoms with Crippen molar-refractivity contribution in [1.29, 1.82) is 0 Å². The Morgan fingerprint density at radius 3 is 2.30 bits per heavy atom. The fourth-order valence-electron chi connectivity index (χ4n) is 1.61. The Kier molecular flexibility index (Phi) is 15.6. The van der Waals surface area contributed by atoms with E-state index in [4.69, 9.17) is 15.2 Å². The van der Waals surface area contributed by atoms with Crippen LogP contribution in [0.15, 0.2) is 4.99 Å². The number of hydrogen-bond acceptors (Lipinski definition) is 3. The third-order valence-corrected chi connectivity index (χ3v) is 2.86. The Hall–Kier alpha value is -0.810. The highest BCUT2D eigenvalue weighted by atomic mass is 16.5. The maximum atomic E-state index is 5.74. The average molecular weight is 287 g/mol. The fourth-order valence-corrected chi connectivity index (χ4v) is 1.61. The van der Waals surface area contributed by atoms with E-state index >= 15 is 0 Å². The van der Waals surface area contributed by atoms with Gasteiger partial charge in [-0.15, -0.1) is 0 Å². The van der Waals surface area contributed by atoms with E-state index in [-0.39, 0.29) is 0 Å². The lowest BCUT2D eigenvalue weighted by Gasteiger charge is -2.07. The Morgan fingerprint density at radius 1 is 0.900 bits per heavy atom. The van der Waals surface area contributed by atoms with Crippen LogP contribution in [0.25, 0.3) is 0 Å². The molecule has 5 nitrogen and oxygen atoms in total. The highest BCUT2D eigenvalue weighted by Gasteiger charge is 1.93. The number of aliphatic imine (C=N–C) groups is 1. The van der Waals surface area contributed by atoms with E-state index in [2.05, 4.69) is 24.2 Å². The largest absolute Gasteiger partial charge is 0.379 e. The fraction of sp³-hybridized carbons (Fsp3) is 0.933. The van der Waals surface area contributed by atoms with Gasteiger partial charge in [-0.2, -0.15) is 0 Å². The molecule has 0 unspecified atom stereocenters. The maximum absolute atomic E-state index is 5.74. The molecule has 0 saturated heterocycles. The molecule has 0 bridgehead atoms. The van der Waals surface area contributed by atoms with Gasteiger partial charge in [0.2, 0.25) is 0 Å². The summed E-state index contributed by atoms with van der Waals surface area (Å²) < 4.78 is 10.8. The summed E-state index contributed by atoms with van der Waals surface area (Å²) in [6.07, 6.45) is 7.15. The van der Waals surface area contributed by atoms with E-state index in [1.807, 2.05) is 0 Å². The summed E-state index contributed by atoms with van der Waals surface area (Å²) in [7, 11) is 0. The number of nitrogens with two attached hydrogens (primary N) is 1. The summed E-state index contributed by atoms with van der Waals surface area (Å²) in [6.45, 7) is 8.62. The van der Waals surface area contributed by atoms with Gasteiger partial charge >= 0.3 is 0 Å². The zero-order valence-electron chi connectivity index (χ0n) is 13.3. The lowest BCUT2D eigenvalue weighted by Crippen LogP contribution is -2.34. The molecule has 0 aliphatic rings. The standard InChI is InChI=1S/C15H33N3O2/c1-3-5-7-8-9-17-15(16)18-10-12-20-14-13-19-11-6-4-2/h3-14H2,1-2H3,(H3,16,17,18).